The minimum atomic E-state index is 0.307. The van der Waals surface area contributed by atoms with E-state index < -0.39 is 0 Å². The van der Waals surface area contributed by atoms with Crippen molar-refractivity contribution in [3.63, 3.8) is 0 Å². The fourth-order valence-electron chi connectivity index (χ4n) is 2.81. The normalized spacial score (nSPS) is 16.2. The van der Waals surface area contributed by atoms with Crippen LogP contribution in [0.5, 0.6) is 5.75 Å². The molecule has 124 valence electrons. The van der Waals surface area contributed by atoms with Crippen LogP contribution >= 0.6 is 0 Å². The number of benzene rings is 1. The molecule has 0 unspecified atom stereocenters. The Bertz CT molecular complexity index is 616. The molecular weight excluding hydrogens is 292 g/mol. The maximum Gasteiger partial charge on any atom is 0.226 e. The summed E-state index contributed by atoms with van der Waals surface area (Å²) in [4.78, 5) is 9.15. The third kappa shape index (κ3) is 4.22. The molecule has 2 aromatic rings. The highest BCUT2D eigenvalue weighted by Gasteiger charge is 2.19. The van der Waals surface area contributed by atoms with Crippen LogP contribution in [-0.2, 0) is 13.0 Å². The van der Waals surface area contributed by atoms with Crippen molar-refractivity contribution in [2.45, 2.75) is 26.8 Å². The van der Waals surface area contributed by atoms with Crippen molar-refractivity contribution in [1.82, 2.24) is 15.0 Å². The van der Waals surface area contributed by atoms with E-state index >= 15 is 0 Å². The zero-order valence-electron chi connectivity index (χ0n) is 13.8. The number of rotatable bonds is 5. The van der Waals surface area contributed by atoms with Gasteiger partial charge in [-0.25, -0.2) is 0 Å². The minimum Gasteiger partial charge on any atom is -0.508 e. The van der Waals surface area contributed by atoms with Crippen LogP contribution in [0.2, 0.25) is 0 Å². The van der Waals surface area contributed by atoms with E-state index in [1.165, 1.54) is 0 Å². The number of hydrogen-bond donors (Lipinski definition) is 1. The lowest BCUT2D eigenvalue weighted by Gasteiger charge is -2.35. The molecular formula is C17H24N4O2. The standard InChI is InChI=1S/C17H24N4O2/c1-13(2)11-17-18-16(19-23-17)12-20-7-9-21(10-8-20)14-3-5-15(22)6-4-14/h3-6,13,22H,7-12H2,1-2H3. The highest BCUT2D eigenvalue weighted by Crippen LogP contribution is 2.20. The van der Waals surface area contributed by atoms with Gasteiger partial charge in [0.25, 0.3) is 0 Å². The predicted molar refractivity (Wildman–Crippen MR) is 88.4 cm³/mol. The summed E-state index contributed by atoms with van der Waals surface area (Å²) in [5.74, 6) is 2.34. The van der Waals surface area contributed by atoms with E-state index in [-0.39, 0.29) is 0 Å². The Morgan fingerprint density at radius 2 is 1.83 bits per heavy atom. The van der Waals surface area contributed by atoms with Gasteiger partial charge in [0.2, 0.25) is 5.89 Å². The molecule has 2 heterocycles. The van der Waals surface area contributed by atoms with Crippen LogP contribution in [-0.4, -0.2) is 46.3 Å². The maximum absolute atomic E-state index is 9.37. The monoisotopic (exact) mass is 316 g/mol. The zero-order valence-corrected chi connectivity index (χ0v) is 13.8. The van der Waals surface area contributed by atoms with Gasteiger partial charge in [-0.3, -0.25) is 4.90 Å². The van der Waals surface area contributed by atoms with Gasteiger partial charge in [-0.1, -0.05) is 19.0 Å². The molecule has 1 fully saturated rings. The van der Waals surface area contributed by atoms with Crippen molar-refractivity contribution in [3.05, 3.63) is 36.0 Å². The lowest BCUT2D eigenvalue weighted by atomic mass is 10.1. The summed E-state index contributed by atoms with van der Waals surface area (Å²) >= 11 is 0. The molecule has 0 atom stereocenters. The van der Waals surface area contributed by atoms with Gasteiger partial charge in [-0.2, -0.15) is 4.98 Å². The Morgan fingerprint density at radius 3 is 2.48 bits per heavy atom. The number of nitrogens with zero attached hydrogens (tertiary/aromatic N) is 4. The Kier molecular flexibility index (Phi) is 4.81. The van der Waals surface area contributed by atoms with Gasteiger partial charge >= 0.3 is 0 Å². The summed E-state index contributed by atoms with van der Waals surface area (Å²) < 4.78 is 5.30. The number of aromatic hydroxyl groups is 1. The average Bonchev–Trinajstić information content (AvgIpc) is 2.95. The van der Waals surface area contributed by atoms with Crippen LogP contribution in [0, 0.1) is 5.92 Å². The largest absolute Gasteiger partial charge is 0.508 e. The number of aromatic nitrogens is 2. The number of phenols is 1. The van der Waals surface area contributed by atoms with E-state index in [0.717, 1.165) is 56.5 Å². The second-order valence-electron chi connectivity index (χ2n) is 6.48. The molecule has 3 rings (SSSR count). The minimum absolute atomic E-state index is 0.307. The number of piperazine rings is 1. The van der Waals surface area contributed by atoms with Crippen LogP contribution in [0.3, 0.4) is 0 Å². The van der Waals surface area contributed by atoms with Crippen molar-refractivity contribution in [1.29, 1.82) is 0 Å². The zero-order chi connectivity index (χ0) is 16.2. The molecule has 0 amide bonds. The third-order valence-electron chi connectivity index (χ3n) is 4.05. The van der Waals surface area contributed by atoms with Gasteiger partial charge in [0.1, 0.15) is 5.75 Å². The Hall–Kier alpha value is -2.08. The second kappa shape index (κ2) is 7.00. The van der Waals surface area contributed by atoms with Crippen molar-refractivity contribution in [2.75, 3.05) is 31.1 Å². The molecule has 6 heteroatoms. The fraction of sp³-hybridized carbons (Fsp3) is 0.529. The molecule has 0 aliphatic carbocycles. The van der Waals surface area contributed by atoms with Crippen molar-refractivity contribution in [3.8, 4) is 5.75 Å². The molecule has 1 saturated heterocycles. The van der Waals surface area contributed by atoms with Crippen molar-refractivity contribution in [2.24, 2.45) is 5.92 Å². The Morgan fingerprint density at radius 1 is 1.13 bits per heavy atom. The fourth-order valence-corrected chi connectivity index (χ4v) is 2.81. The van der Waals surface area contributed by atoms with Gasteiger partial charge in [0, 0.05) is 38.3 Å². The van der Waals surface area contributed by atoms with Gasteiger partial charge < -0.3 is 14.5 Å². The molecule has 0 radical (unpaired) electrons. The first-order valence-corrected chi connectivity index (χ1v) is 8.18. The first kappa shape index (κ1) is 15.8. The number of hydrogen-bond acceptors (Lipinski definition) is 6. The summed E-state index contributed by atoms with van der Waals surface area (Å²) in [6, 6.07) is 7.39. The molecule has 1 N–H and O–H groups in total. The quantitative estimate of drug-likeness (QED) is 0.913. The molecule has 6 nitrogen and oxygen atoms in total. The average molecular weight is 316 g/mol. The highest BCUT2D eigenvalue weighted by atomic mass is 16.5. The van der Waals surface area contributed by atoms with Crippen molar-refractivity contribution < 1.29 is 9.63 Å². The molecule has 0 saturated carbocycles. The summed E-state index contributed by atoms with van der Waals surface area (Å²) in [5, 5.41) is 13.4. The van der Waals surface area contributed by atoms with Gasteiger partial charge in [0.05, 0.1) is 6.54 Å². The summed E-state index contributed by atoms with van der Waals surface area (Å²) in [5.41, 5.74) is 1.15. The topological polar surface area (TPSA) is 65.6 Å². The molecule has 1 aliphatic rings. The molecule has 1 aromatic heterocycles. The number of phenolic OH excluding ortho intramolecular Hbond substituents is 1. The smallest absolute Gasteiger partial charge is 0.226 e. The number of anilines is 1. The summed E-state index contributed by atoms with van der Waals surface area (Å²) in [6.07, 6.45) is 0.835. The first-order chi connectivity index (χ1) is 11.1. The second-order valence-corrected chi connectivity index (χ2v) is 6.48. The SMILES string of the molecule is CC(C)Cc1nc(CN2CCN(c3ccc(O)cc3)CC2)no1. The van der Waals surface area contributed by atoms with E-state index in [1.807, 2.05) is 12.1 Å². The molecule has 0 bridgehead atoms. The van der Waals surface area contributed by atoms with E-state index in [2.05, 4.69) is 33.8 Å². The molecule has 1 aliphatic heterocycles. The highest BCUT2D eigenvalue weighted by molar-refractivity contribution is 5.49. The lowest BCUT2D eigenvalue weighted by molar-refractivity contribution is 0.240. The molecule has 1 aromatic carbocycles. The Labute approximate surface area is 136 Å². The molecule has 0 spiro atoms. The van der Waals surface area contributed by atoms with Crippen LogP contribution in [0.25, 0.3) is 0 Å². The maximum atomic E-state index is 9.37. The third-order valence-corrected chi connectivity index (χ3v) is 4.05. The van der Waals surface area contributed by atoms with Crippen LogP contribution < -0.4 is 4.90 Å². The van der Waals surface area contributed by atoms with E-state index in [1.54, 1.807) is 12.1 Å². The first-order valence-electron chi connectivity index (χ1n) is 8.18. The van der Waals surface area contributed by atoms with Crippen LogP contribution in [0.4, 0.5) is 5.69 Å². The van der Waals surface area contributed by atoms with Crippen LogP contribution in [0.15, 0.2) is 28.8 Å². The van der Waals surface area contributed by atoms with Crippen molar-refractivity contribution >= 4 is 5.69 Å². The lowest BCUT2D eigenvalue weighted by Crippen LogP contribution is -2.46. The van der Waals surface area contributed by atoms with Crippen LogP contribution in [0.1, 0.15) is 25.6 Å². The van der Waals surface area contributed by atoms with Gasteiger partial charge in [-0.15, -0.1) is 0 Å². The van der Waals surface area contributed by atoms with Gasteiger partial charge in [0.15, 0.2) is 5.82 Å². The van der Waals surface area contributed by atoms with Gasteiger partial charge in [-0.05, 0) is 30.2 Å². The summed E-state index contributed by atoms with van der Waals surface area (Å²) in [6.45, 7) is 8.89. The molecule has 23 heavy (non-hydrogen) atoms. The van der Waals surface area contributed by atoms with E-state index in [9.17, 15) is 5.11 Å². The van der Waals surface area contributed by atoms with E-state index in [4.69, 9.17) is 4.52 Å². The predicted octanol–water partition coefficient (Wildman–Crippen LogP) is 2.30. The van der Waals surface area contributed by atoms with E-state index in [0.29, 0.717) is 11.7 Å². The Balaban J connectivity index is 1.51. The summed E-state index contributed by atoms with van der Waals surface area (Å²) in [7, 11) is 0.